The van der Waals surface area contributed by atoms with Crippen molar-refractivity contribution < 1.29 is 18.9 Å². The van der Waals surface area contributed by atoms with Crippen LogP contribution in [0.2, 0.25) is 18.1 Å². The Kier molecular flexibility index (Phi) is 8.99. The molecule has 2 N–H and O–H groups in total. The summed E-state index contributed by atoms with van der Waals surface area (Å²) in [7, 11) is -1.96. The van der Waals surface area contributed by atoms with Crippen LogP contribution in [-0.2, 0) is 20.6 Å². The summed E-state index contributed by atoms with van der Waals surface area (Å²) in [5.41, 5.74) is 1.73. The third-order valence-corrected chi connectivity index (χ3v) is 11.8. The highest BCUT2D eigenvalue weighted by atomic mass is 32.2. The lowest BCUT2D eigenvalue weighted by molar-refractivity contribution is -0.138. The molecule has 29 heavy (non-hydrogen) atoms. The fourth-order valence-electron chi connectivity index (χ4n) is 2.53. The molecule has 0 amide bonds. The van der Waals surface area contributed by atoms with E-state index in [0.717, 1.165) is 11.1 Å². The zero-order valence-electron chi connectivity index (χ0n) is 19.5. The molecule has 3 atom stereocenters. The Hall–Kier alpha value is -0.863. The number of carboxylic acid groups (broad SMARTS) is 1. The number of hydrogen-bond acceptors (Lipinski definition) is 4. The molecule has 5 nitrogen and oxygen atoms in total. The van der Waals surface area contributed by atoms with Crippen molar-refractivity contribution in [3.63, 3.8) is 0 Å². The fourth-order valence-corrected chi connectivity index (χ4v) is 4.36. The summed E-state index contributed by atoms with van der Waals surface area (Å²) in [6.45, 7) is 19.1. The van der Waals surface area contributed by atoms with Gasteiger partial charge in [0.2, 0.25) is 0 Å². The molecule has 1 aromatic carbocycles. The van der Waals surface area contributed by atoms with Gasteiger partial charge in [0.05, 0.1) is 18.6 Å². The summed E-state index contributed by atoms with van der Waals surface area (Å²) >= 11 is -1.25. The van der Waals surface area contributed by atoms with Crippen LogP contribution in [-0.4, -0.2) is 35.3 Å². The largest absolute Gasteiger partial charge is 0.598 e. The van der Waals surface area contributed by atoms with Crippen LogP contribution in [0.4, 0.5) is 0 Å². The first-order chi connectivity index (χ1) is 13.1. The average Bonchev–Trinajstić information content (AvgIpc) is 2.57. The van der Waals surface area contributed by atoms with Crippen LogP contribution in [0.3, 0.4) is 0 Å². The average molecular weight is 442 g/mol. The Morgan fingerprint density at radius 3 is 2.00 bits per heavy atom. The van der Waals surface area contributed by atoms with E-state index in [2.05, 4.69) is 38.6 Å². The lowest BCUT2D eigenvalue weighted by atomic mass is 9.95. The van der Waals surface area contributed by atoms with Gasteiger partial charge in [0, 0.05) is 11.4 Å². The molecule has 0 heterocycles. The fraction of sp³-hybridized carbons (Fsp3) is 0.682. The predicted octanol–water partition coefficient (Wildman–Crippen LogP) is 5.38. The molecular weight excluding hydrogens is 402 g/mol. The summed E-state index contributed by atoms with van der Waals surface area (Å²) < 4.78 is 22.0. The van der Waals surface area contributed by atoms with Crippen molar-refractivity contribution in [1.29, 1.82) is 0 Å². The van der Waals surface area contributed by atoms with Gasteiger partial charge in [-0.3, -0.25) is 4.79 Å². The van der Waals surface area contributed by atoms with E-state index >= 15 is 0 Å². The van der Waals surface area contributed by atoms with Crippen LogP contribution in [0, 0.1) is 0 Å². The monoisotopic (exact) mass is 441 g/mol. The number of carbonyl (C=O) groups is 1. The number of nitrogens with one attached hydrogen (secondary N) is 1. The highest BCUT2D eigenvalue weighted by molar-refractivity contribution is 7.90. The second kappa shape index (κ2) is 9.96. The normalized spacial score (nSPS) is 16.3. The molecule has 166 valence electrons. The molecule has 7 heteroatoms. The minimum Gasteiger partial charge on any atom is -0.598 e. The van der Waals surface area contributed by atoms with Crippen molar-refractivity contribution in [2.24, 2.45) is 0 Å². The van der Waals surface area contributed by atoms with E-state index in [-0.39, 0.29) is 11.1 Å². The zero-order chi connectivity index (χ0) is 22.6. The first-order valence-corrected chi connectivity index (χ1v) is 14.3. The Morgan fingerprint density at radius 1 is 1.14 bits per heavy atom. The van der Waals surface area contributed by atoms with Crippen LogP contribution >= 0.6 is 0 Å². The molecule has 0 bridgehead atoms. The van der Waals surface area contributed by atoms with Crippen molar-refractivity contribution in [3.05, 3.63) is 35.4 Å². The van der Waals surface area contributed by atoms with E-state index in [1.807, 2.05) is 52.0 Å². The maximum Gasteiger partial charge on any atom is 0.310 e. The molecule has 0 radical (unpaired) electrons. The van der Waals surface area contributed by atoms with Gasteiger partial charge in [-0.15, -0.1) is 4.72 Å². The summed E-state index contributed by atoms with van der Waals surface area (Å²) in [6, 6.07) is 7.33. The number of rotatable bonds is 9. The Balaban J connectivity index is 3.12. The van der Waals surface area contributed by atoms with Crippen LogP contribution < -0.4 is 4.72 Å². The third kappa shape index (κ3) is 7.40. The Labute approximate surface area is 181 Å². The maximum absolute atomic E-state index is 12.8. The van der Waals surface area contributed by atoms with Crippen LogP contribution in [0.5, 0.6) is 0 Å². The number of carboxylic acids is 1. The number of benzene rings is 1. The standard InChI is InChI=1S/C22H39NO4SSi/c1-10-18(20(24)25)16-11-13-17(14-12-16)19(23-28(26)21(2,3)4)15-27-29(8,9)22(5,6)7/h11-14,18-19,23H,10,15H2,1-9H3,(H,24,25). The summed E-state index contributed by atoms with van der Waals surface area (Å²) in [6.07, 6.45) is 0.541. The minimum absolute atomic E-state index is 0.0838. The number of aliphatic carboxylic acids is 1. The van der Waals surface area contributed by atoms with Gasteiger partial charge in [0.1, 0.15) is 4.75 Å². The molecule has 0 aliphatic carbocycles. The molecule has 1 aromatic rings. The topological polar surface area (TPSA) is 81.6 Å². The smallest absolute Gasteiger partial charge is 0.310 e. The van der Waals surface area contributed by atoms with Gasteiger partial charge < -0.3 is 14.1 Å². The summed E-state index contributed by atoms with van der Waals surface area (Å²) in [4.78, 5) is 11.4. The van der Waals surface area contributed by atoms with Crippen molar-refractivity contribution >= 4 is 25.6 Å². The van der Waals surface area contributed by atoms with Gasteiger partial charge in [0.25, 0.3) is 0 Å². The molecule has 1 rings (SSSR count). The highest BCUT2D eigenvalue weighted by Crippen LogP contribution is 2.37. The van der Waals surface area contributed by atoms with Gasteiger partial charge in [-0.05, 0) is 56.5 Å². The van der Waals surface area contributed by atoms with Crippen molar-refractivity contribution in [2.45, 2.75) is 89.7 Å². The highest BCUT2D eigenvalue weighted by Gasteiger charge is 2.38. The van der Waals surface area contributed by atoms with E-state index in [1.54, 1.807) is 0 Å². The molecule has 0 aliphatic rings. The van der Waals surface area contributed by atoms with E-state index < -0.39 is 36.3 Å². The molecule has 0 fully saturated rings. The van der Waals surface area contributed by atoms with Gasteiger partial charge in [-0.2, -0.15) is 0 Å². The van der Waals surface area contributed by atoms with Gasteiger partial charge in [0.15, 0.2) is 8.32 Å². The minimum atomic E-state index is -1.96. The first kappa shape index (κ1) is 26.2. The Morgan fingerprint density at radius 2 is 1.62 bits per heavy atom. The van der Waals surface area contributed by atoms with Crippen molar-refractivity contribution in [1.82, 2.24) is 4.72 Å². The second-order valence-corrected chi connectivity index (χ2v) is 16.9. The summed E-state index contributed by atoms with van der Waals surface area (Å²) in [5, 5.41) is 9.48. The molecule has 3 unspecified atom stereocenters. The molecule has 0 saturated carbocycles. The number of hydrogen-bond donors (Lipinski definition) is 2. The quantitative estimate of drug-likeness (QED) is 0.397. The van der Waals surface area contributed by atoms with Crippen LogP contribution in [0.25, 0.3) is 0 Å². The van der Waals surface area contributed by atoms with Crippen molar-refractivity contribution in [2.75, 3.05) is 6.61 Å². The van der Waals surface area contributed by atoms with E-state index in [0.29, 0.717) is 13.0 Å². The molecule has 0 saturated heterocycles. The third-order valence-electron chi connectivity index (χ3n) is 5.67. The van der Waals surface area contributed by atoms with Crippen molar-refractivity contribution in [3.8, 4) is 0 Å². The molecule has 0 aliphatic heterocycles. The Bertz CT molecular complexity index is 665. The molecule has 0 aromatic heterocycles. The summed E-state index contributed by atoms with van der Waals surface area (Å²) in [5.74, 6) is -1.33. The van der Waals surface area contributed by atoms with Gasteiger partial charge in [-0.25, -0.2) is 0 Å². The molecule has 0 spiro atoms. The van der Waals surface area contributed by atoms with Crippen LogP contribution in [0.15, 0.2) is 24.3 Å². The predicted molar refractivity (Wildman–Crippen MR) is 124 cm³/mol. The van der Waals surface area contributed by atoms with Crippen LogP contribution in [0.1, 0.15) is 78.0 Å². The van der Waals surface area contributed by atoms with E-state index in [1.165, 1.54) is 0 Å². The van der Waals surface area contributed by atoms with Gasteiger partial charge in [-0.1, -0.05) is 52.0 Å². The van der Waals surface area contributed by atoms with Gasteiger partial charge >= 0.3 is 5.97 Å². The SMILES string of the molecule is CCC(C(=O)O)c1ccc(C(CO[Si](C)(C)C(C)(C)C)N[S+]([O-])C(C)(C)C)cc1. The van der Waals surface area contributed by atoms with E-state index in [4.69, 9.17) is 4.43 Å². The maximum atomic E-state index is 12.8. The lowest BCUT2D eigenvalue weighted by Gasteiger charge is -2.37. The first-order valence-electron chi connectivity index (χ1n) is 10.2. The zero-order valence-corrected chi connectivity index (χ0v) is 21.3. The molecular formula is C22H39NO4SSi. The lowest BCUT2D eigenvalue weighted by Crippen LogP contribution is -2.46. The van der Waals surface area contributed by atoms with E-state index in [9.17, 15) is 14.5 Å². The second-order valence-electron chi connectivity index (χ2n) is 10.1.